The Bertz CT molecular complexity index is 421. The smallest absolute Gasteiger partial charge is 0.308 e. The topological polar surface area (TPSA) is 76.0 Å². The highest BCUT2D eigenvalue weighted by Crippen LogP contribution is 2.31. The van der Waals surface area contributed by atoms with Gasteiger partial charge in [0.25, 0.3) is 0 Å². The third kappa shape index (κ3) is 3.69. The van der Waals surface area contributed by atoms with Gasteiger partial charge in [-0.25, -0.2) is 0 Å². The van der Waals surface area contributed by atoms with Gasteiger partial charge in [0, 0.05) is 12.3 Å². The first-order valence-electron chi connectivity index (χ1n) is 5.28. The molecule has 100 valence electrons. The van der Waals surface area contributed by atoms with Gasteiger partial charge in [-0.3, -0.25) is 4.79 Å². The van der Waals surface area contributed by atoms with E-state index >= 15 is 0 Å². The number of carbonyl (C=O) groups excluding carboxylic acids is 1. The fourth-order valence-electron chi connectivity index (χ4n) is 1.41. The molecule has 0 aliphatic carbocycles. The number of alkyl halides is 1. The van der Waals surface area contributed by atoms with Crippen LogP contribution in [0, 0.1) is 0 Å². The van der Waals surface area contributed by atoms with Crippen LogP contribution < -0.4 is 9.47 Å². The zero-order valence-corrected chi connectivity index (χ0v) is 11.7. The number of esters is 1. The van der Waals surface area contributed by atoms with Crippen molar-refractivity contribution in [1.29, 1.82) is 0 Å². The zero-order chi connectivity index (χ0) is 13.7. The molecular formula is C12H15BrO5. The van der Waals surface area contributed by atoms with Gasteiger partial charge in [-0.1, -0.05) is 22.0 Å². The standard InChI is InChI=1S/C12H15BrO5/c1-7(14)18-10-4-3-8(5-11(10)17-2)12(16)9(15)6-13/h3-5,9,12,15-16H,6H2,1-2H3. The van der Waals surface area contributed by atoms with Crippen LogP contribution in [0.3, 0.4) is 0 Å². The SMILES string of the molecule is COc1cc(C(O)C(O)CBr)ccc1OC(C)=O. The molecule has 5 nitrogen and oxygen atoms in total. The maximum atomic E-state index is 10.9. The monoisotopic (exact) mass is 318 g/mol. The molecule has 2 N–H and O–H groups in total. The summed E-state index contributed by atoms with van der Waals surface area (Å²) in [5.74, 6) is 0.139. The normalized spacial score (nSPS) is 13.8. The van der Waals surface area contributed by atoms with Gasteiger partial charge in [0.1, 0.15) is 6.10 Å². The molecule has 0 spiro atoms. The molecule has 0 aliphatic rings. The number of aliphatic hydroxyl groups is 2. The second kappa shape index (κ2) is 6.72. The van der Waals surface area contributed by atoms with Crippen LogP contribution in [0.2, 0.25) is 0 Å². The lowest BCUT2D eigenvalue weighted by Gasteiger charge is -2.17. The molecular weight excluding hydrogens is 304 g/mol. The fourth-order valence-corrected chi connectivity index (χ4v) is 1.77. The first-order chi connectivity index (χ1) is 8.49. The largest absolute Gasteiger partial charge is 0.493 e. The summed E-state index contributed by atoms with van der Waals surface area (Å²) in [6, 6.07) is 4.60. The summed E-state index contributed by atoms with van der Waals surface area (Å²) in [5.41, 5.74) is 0.481. The van der Waals surface area contributed by atoms with Gasteiger partial charge in [-0.2, -0.15) is 0 Å². The minimum atomic E-state index is -1.04. The number of aliphatic hydroxyl groups excluding tert-OH is 2. The average Bonchev–Trinajstić information content (AvgIpc) is 2.36. The first kappa shape index (κ1) is 14.9. The van der Waals surface area contributed by atoms with Gasteiger partial charge in [-0.15, -0.1) is 0 Å². The van der Waals surface area contributed by atoms with Crippen molar-refractivity contribution in [3.8, 4) is 11.5 Å². The second-order valence-corrected chi connectivity index (χ2v) is 4.32. The lowest BCUT2D eigenvalue weighted by Crippen LogP contribution is -2.19. The molecule has 2 unspecified atom stereocenters. The minimum Gasteiger partial charge on any atom is -0.493 e. The van der Waals surface area contributed by atoms with E-state index in [-0.39, 0.29) is 11.1 Å². The number of rotatable bonds is 5. The van der Waals surface area contributed by atoms with E-state index in [1.165, 1.54) is 26.2 Å². The summed E-state index contributed by atoms with van der Waals surface area (Å²) >= 11 is 3.08. The van der Waals surface area contributed by atoms with Crippen LogP contribution in [0.15, 0.2) is 18.2 Å². The van der Waals surface area contributed by atoms with E-state index in [2.05, 4.69) is 15.9 Å². The van der Waals surface area contributed by atoms with Gasteiger partial charge >= 0.3 is 5.97 Å². The second-order valence-electron chi connectivity index (χ2n) is 3.67. The van der Waals surface area contributed by atoms with Crippen LogP contribution in [0.1, 0.15) is 18.6 Å². The predicted molar refractivity (Wildman–Crippen MR) is 69.1 cm³/mol. The Hall–Kier alpha value is -1.11. The van der Waals surface area contributed by atoms with E-state index in [9.17, 15) is 15.0 Å². The third-order valence-electron chi connectivity index (χ3n) is 2.31. The van der Waals surface area contributed by atoms with Crippen molar-refractivity contribution in [2.75, 3.05) is 12.4 Å². The van der Waals surface area contributed by atoms with Crippen LogP contribution in [-0.2, 0) is 4.79 Å². The number of benzene rings is 1. The maximum Gasteiger partial charge on any atom is 0.308 e. The van der Waals surface area contributed by atoms with Crippen LogP contribution in [0.5, 0.6) is 11.5 Å². The highest BCUT2D eigenvalue weighted by Gasteiger charge is 2.19. The van der Waals surface area contributed by atoms with Gasteiger partial charge in [0.15, 0.2) is 11.5 Å². The summed E-state index contributed by atoms with van der Waals surface area (Å²) < 4.78 is 10.0. The Morgan fingerprint density at radius 2 is 2.06 bits per heavy atom. The molecule has 0 aromatic heterocycles. The molecule has 18 heavy (non-hydrogen) atoms. The Balaban J connectivity index is 3.01. The van der Waals surface area contributed by atoms with Gasteiger partial charge < -0.3 is 19.7 Å². The Morgan fingerprint density at radius 1 is 1.39 bits per heavy atom. The molecule has 1 aromatic rings. The Morgan fingerprint density at radius 3 is 2.56 bits per heavy atom. The quantitative estimate of drug-likeness (QED) is 0.487. The van der Waals surface area contributed by atoms with E-state index in [0.29, 0.717) is 11.3 Å². The molecule has 0 radical (unpaired) electrons. The van der Waals surface area contributed by atoms with Gasteiger partial charge in [0.2, 0.25) is 0 Å². The van der Waals surface area contributed by atoms with E-state index in [0.717, 1.165) is 0 Å². The zero-order valence-electron chi connectivity index (χ0n) is 10.1. The van der Waals surface area contributed by atoms with Crippen LogP contribution in [-0.4, -0.2) is 34.7 Å². The molecule has 0 saturated carbocycles. The Labute approximate surface area is 113 Å². The highest BCUT2D eigenvalue weighted by atomic mass is 79.9. The Kier molecular flexibility index (Phi) is 5.58. The number of methoxy groups -OCH3 is 1. The van der Waals surface area contributed by atoms with Crippen molar-refractivity contribution in [3.63, 3.8) is 0 Å². The predicted octanol–water partition coefficient (Wildman–Crippen LogP) is 1.41. The summed E-state index contributed by atoms with van der Waals surface area (Å²) in [5, 5.41) is 19.6. The van der Waals surface area contributed by atoms with E-state index < -0.39 is 18.2 Å². The van der Waals surface area contributed by atoms with Crippen LogP contribution >= 0.6 is 15.9 Å². The number of carbonyl (C=O) groups is 1. The molecule has 1 aromatic carbocycles. The molecule has 0 saturated heterocycles. The molecule has 0 aliphatic heterocycles. The summed E-state index contributed by atoms with van der Waals surface area (Å²) in [6.07, 6.45) is -1.96. The van der Waals surface area contributed by atoms with Gasteiger partial charge in [-0.05, 0) is 17.7 Å². The lowest BCUT2D eigenvalue weighted by molar-refractivity contribution is -0.132. The minimum absolute atomic E-state index is 0.252. The maximum absolute atomic E-state index is 10.9. The van der Waals surface area contributed by atoms with Crippen molar-refractivity contribution in [2.24, 2.45) is 0 Å². The van der Waals surface area contributed by atoms with Crippen LogP contribution in [0.4, 0.5) is 0 Å². The molecule has 2 atom stereocenters. The van der Waals surface area contributed by atoms with Crippen molar-refractivity contribution in [3.05, 3.63) is 23.8 Å². The summed E-state index contributed by atoms with van der Waals surface area (Å²) in [4.78, 5) is 10.9. The van der Waals surface area contributed by atoms with E-state index in [4.69, 9.17) is 9.47 Å². The van der Waals surface area contributed by atoms with Crippen molar-refractivity contribution >= 4 is 21.9 Å². The van der Waals surface area contributed by atoms with Crippen molar-refractivity contribution < 1.29 is 24.5 Å². The molecule has 6 heteroatoms. The van der Waals surface area contributed by atoms with Gasteiger partial charge in [0.05, 0.1) is 13.2 Å². The molecule has 0 fully saturated rings. The first-order valence-corrected chi connectivity index (χ1v) is 6.40. The number of hydrogen-bond acceptors (Lipinski definition) is 5. The third-order valence-corrected chi connectivity index (χ3v) is 2.97. The molecule has 0 amide bonds. The fraction of sp³-hybridized carbons (Fsp3) is 0.417. The molecule has 1 rings (SSSR count). The average molecular weight is 319 g/mol. The van der Waals surface area contributed by atoms with E-state index in [1.54, 1.807) is 6.07 Å². The van der Waals surface area contributed by atoms with Crippen LogP contribution in [0.25, 0.3) is 0 Å². The number of hydrogen-bond donors (Lipinski definition) is 2. The van der Waals surface area contributed by atoms with Crippen molar-refractivity contribution in [1.82, 2.24) is 0 Å². The molecule has 0 bridgehead atoms. The number of ether oxygens (including phenoxy) is 2. The molecule has 0 heterocycles. The lowest BCUT2D eigenvalue weighted by atomic mass is 10.0. The summed E-state index contributed by atoms with van der Waals surface area (Å²) in [6.45, 7) is 1.29. The number of halogens is 1. The van der Waals surface area contributed by atoms with Crippen molar-refractivity contribution in [2.45, 2.75) is 19.1 Å². The highest BCUT2D eigenvalue weighted by molar-refractivity contribution is 9.09. The summed E-state index contributed by atoms with van der Waals surface area (Å²) in [7, 11) is 1.43. The van der Waals surface area contributed by atoms with E-state index in [1.807, 2.05) is 0 Å².